The molecule has 21 heavy (non-hydrogen) atoms. The Kier molecular flexibility index (Phi) is 4.55. The van der Waals surface area contributed by atoms with Crippen LogP contribution >= 0.6 is 11.6 Å². The van der Waals surface area contributed by atoms with Crippen LogP contribution in [0.5, 0.6) is 0 Å². The maximum absolute atomic E-state index is 13.1. The molecular weight excluding hydrogens is 293 g/mol. The van der Waals surface area contributed by atoms with E-state index in [4.69, 9.17) is 17.0 Å². The molecule has 1 aliphatic carbocycles. The number of carbonyl (C=O) groups is 1. The fourth-order valence-corrected chi connectivity index (χ4v) is 1.94. The summed E-state index contributed by atoms with van der Waals surface area (Å²) in [7, 11) is 1.71. The van der Waals surface area contributed by atoms with Crippen LogP contribution in [-0.2, 0) is 4.79 Å². The fourth-order valence-electron chi connectivity index (χ4n) is 1.76. The highest BCUT2D eigenvalue weighted by atomic mass is 35.5. The molecule has 0 saturated carbocycles. The van der Waals surface area contributed by atoms with E-state index in [-0.39, 0.29) is 10.9 Å². The van der Waals surface area contributed by atoms with E-state index in [0.717, 1.165) is 0 Å². The van der Waals surface area contributed by atoms with Crippen LogP contribution in [0.4, 0.5) is 10.1 Å². The SMILES string of the molecule is CN/C=C1/C=C(C(=O)Nc2ccc(F)c(Cl)c2)C=CC1=N. The zero-order valence-corrected chi connectivity index (χ0v) is 12.0. The molecule has 108 valence electrons. The maximum atomic E-state index is 13.1. The second-order valence-corrected chi connectivity index (χ2v) is 4.73. The first-order valence-corrected chi connectivity index (χ1v) is 6.51. The minimum Gasteiger partial charge on any atom is -0.393 e. The predicted molar refractivity (Wildman–Crippen MR) is 82.1 cm³/mol. The molecule has 0 heterocycles. The zero-order valence-electron chi connectivity index (χ0n) is 11.2. The number of nitrogens with one attached hydrogen (secondary N) is 3. The van der Waals surface area contributed by atoms with Crippen LogP contribution in [-0.4, -0.2) is 18.7 Å². The van der Waals surface area contributed by atoms with E-state index < -0.39 is 5.82 Å². The molecule has 2 rings (SSSR count). The van der Waals surface area contributed by atoms with Crippen molar-refractivity contribution in [1.29, 1.82) is 5.41 Å². The van der Waals surface area contributed by atoms with E-state index in [1.807, 2.05) is 0 Å². The molecule has 1 aromatic rings. The number of benzene rings is 1. The van der Waals surface area contributed by atoms with Gasteiger partial charge in [-0.15, -0.1) is 0 Å². The van der Waals surface area contributed by atoms with Crippen molar-refractivity contribution in [3.63, 3.8) is 0 Å². The Morgan fingerprint density at radius 1 is 1.38 bits per heavy atom. The Bertz CT molecular complexity index is 692. The largest absolute Gasteiger partial charge is 0.393 e. The summed E-state index contributed by atoms with van der Waals surface area (Å²) >= 11 is 5.67. The van der Waals surface area contributed by atoms with Crippen molar-refractivity contribution >= 4 is 28.9 Å². The molecule has 0 saturated heterocycles. The van der Waals surface area contributed by atoms with Gasteiger partial charge in [0, 0.05) is 30.1 Å². The van der Waals surface area contributed by atoms with Crippen molar-refractivity contribution in [2.24, 2.45) is 0 Å². The molecule has 4 nitrogen and oxygen atoms in total. The number of halogens is 2. The molecule has 3 N–H and O–H groups in total. The van der Waals surface area contributed by atoms with Crippen LogP contribution in [0, 0.1) is 11.2 Å². The molecular formula is C15H13ClFN3O. The van der Waals surface area contributed by atoms with Gasteiger partial charge in [-0.05, 0) is 36.4 Å². The van der Waals surface area contributed by atoms with E-state index in [0.29, 0.717) is 22.5 Å². The highest BCUT2D eigenvalue weighted by molar-refractivity contribution is 6.31. The van der Waals surface area contributed by atoms with Crippen LogP contribution in [0.3, 0.4) is 0 Å². The van der Waals surface area contributed by atoms with E-state index in [1.54, 1.807) is 25.4 Å². The van der Waals surface area contributed by atoms with E-state index in [9.17, 15) is 9.18 Å². The third kappa shape index (κ3) is 3.58. The fraction of sp³-hybridized carbons (Fsp3) is 0.0667. The molecule has 1 aliphatic rings. The zero-order chi connectivity index (χ0) is 15.4. The van der Waals surface area contributed by atoms with Crippen LogP contribution in [0.25, 0.3) is 0 Å². The van der Waals surface area contributed by atoms with Gasteiger partial charge in [0.1, 0.15) is 5.82 Å². The summed E-state index contributed by atoms with van der Waals surface area (Å²) in [5.41, 5.74) is 1.71. The first-order valence-electron chi connectivity index (χ1n) is 6.14. The van der Waals surface area contributed by atoms with Gasteiger partial charge in [0.25, 0.3) is 5.91 Å². The summed E-state index contributed by atoms with van der Waals surface area (Å²) in [5.74, 6) is -0.900. The Labute approximate surface area is 126 Å². The summed E-state index contributed by atoms with van der Waals surface area (Å²) in [6, 6.07) is 3.96. The second kappa shape index (κ2) is 6.37. The predicted octanol–water partition coefficient (Wildman–Crippen LogP) is 3.04. The van der Waals surface area contributed by atoms with Crippen molar-refractivity contribution in [3.05, 3.63) is 64.6 Å². The number of hydrogen-bond donors (Lipinski definition) is 3. The lowest BCUT2D eigenvalue weighted by atomic mass is 10.0. The van der Waals surface area contributed by atoms with Gasteiger partial charge < -0.3 is 16.0 Å². The minimum absolute atomic E-state index is 0.0569. The average molecular weight is 306 g/mol. The lowest BCUT2D eigenvalue weighted by molar-refractivity contribution is -0.112. The second-order valence-electron chi connectivity index (χ2n) is 4.32. The highest BCUT2D eigenvalue weighted by Crippen LogP contribution is 2.21. The van der Waals surface area contributed by atoms with Crippen molar-refractivity contribution in [3.8, 4) is 0 Å². The van der Waals surface area contributed by atoms with Gasteiger partial charge in [0.2, 0.25) is 0 Å². The molecule has 0 fully saturated rings. The number of amides is 1. The van der Waals surface area contributed by atoms with Crippen molar-refractivity contribution in [2.75, 3.05) is 12.4 Å². The molecule has 1 aromatic carbocycles. The van der Waals surface area contributed by atoms with Crippen LogP contribution in [0.2, 0.25) is 5.02 Å². The summed E-state index contributed by atoms with van der Waals surface area (Å²) < 4.78 is 13.1. The number of anilines is 1. The number of hydrogen-bond acceptors (Lipinski definition) is 3. The molecule has 0 aliphatic heterocycles. The number of carbonyl (C=O) groups excluding carboxylic acids is 1. The van der Waals surface area contributed by atoms with Gasteiger partial charge in [-0.1, -0.05) is 11.6 Å². The molecule has 0 bridgehead atoms. The average Bonchev–Trinajstić information content (AvgIpc) is 2.45. The topological polar surface area (TPSA) is 65.0 Å². The molecule has 0 radical (unpaired) electrons. The summed E-state index contributed by atoms with van der Waals surface area (Å²) in [4.78, 5) is 12.1. The van der Waals surface area contributed by atoms with Crippen LogP contribution in [0.15, 0.2) is 53.8 Å². The third-order valence-electron chi connectivity index (χ3n) is 2.79. The molecule has 1 amide bonds. The monoisotopic (exact) mass is 305 g/mol. The minimum atomic E-state index is -0.542. The lowest BCUT2D eigenvalue weighted by Crippen LogP contribution is -2.16. The molecule has 0 unspecified atom stereocenters. The Balaban J connectivity index is 2.18. The number of allylic oxidation sites excluding steroid dienone is 3. The van der Waals surface area contributed by atoms with Crippen molar-refractivity contribution < 1.29 is 9.18 Å². The van der Waals surface area contributed by atoms with Gasteiger partial charge in [-0.25, -0.2) is 4.39 Å². The summed E-state index contributed by atoms with van der Waals surface area (Å²) in [6.45, 7) is 0. The van der Waals surface area contributed by atoms with Gasteiger partial charge in [-0.3, -0.25) is 4.79 Å². The van der Waals surface area contributed by atoms with Crippen LogP contribution in [0.1, 0.15) is 0 Å². The lowest BCUT2D eigenvalue weighted by Gasteiger charge is -2.11. The summed E-state index contributed by atoms with van der Waals surface area (Å²) in [6.07, 6.45) is 6.32. The Morgan fingerprint density at radius 3 is 2.81 bits per heavy atom. The van der Waals surface area contributed by atoms with Gasteiger partial charge >= 0.3 is 0 Å². The first-order chi connectivity index (χ1) is 10.0. The molecule has 0 atom stereocenters. The standard InChI is InChI=1S/C15H13ClFN3O/c1-19-8-10-6-9(2-5-14(10)18)15(21)20-11-3-4-13(17)12(16)7-11/h2-8,18-19H,1H3,(H,20,21)/b10-8-,18-14?. The van der Waals surface area contributed by atoms with Crippen molar-refractivity contribution in [2.45, 2.75) is 0 Å². The van der Waals surface area contributed by atoms with Gasteiger partial charge in [0.15, 0.2) is 0 Å². The third-order valence-corrected chi connectivity index (χ3v) is 3.08. The Hall–Kier alpha value is -2.40. The summed E-state index contributed by atoms with van der Waals surface area (Å²) in [5, 5.41) is 13.1. The smallest absolute Gasteiger partial charge is 0.255 e. The van der Waals surface area contributed by atoms with Gasteiger partial charge in [0.05, 0.1) is 10.7 Å². The normalized spacial score (nSPS) is 15.9. The molecule has 0 aromatic heterocycles. The Morgan fingerprint density at radius 2 is 2.14 bits per heavy atom. The van der Waals surface area contributed by atoms with E-state index >= 15 is 0 Å². The van der Waals surface area contributed by atoms with Crippen molar-refractivity contribution in [1.82, 2.24) is 5.32 Å². The highest BCUT2D eigenvalue weighted by Gasteiger charge is 2.14. The van der Waals surface area contributed by atoms with E-state index in [1.165, 1.54) is 24.3 Å². The van der Waals surface area contributed by atoms with Gasteiger partial charge in [-0.2, -0.15) is 0 Å². The number of rotatable bonds is 3. The molecule has 0 spiro atoms. The quantitative estimate of drug-likeness (QED) is 0.803. The first kappa shape index (κ1) is 15.0. The van der Waals surface area contributed by atoms with Crippen LogP contribution < -0.4 is 10.6 Å². The molecule has 6 heteroatoms. The maximum Gasteiger partial charge on any atom is 0.255 e. The van der Waals surface area contributed by atoms with E-state index in [2.05, 4.69) is 10.6 Å².